The number of sulfone groups is 1. The van der Waals surface area contributed by atoms with Gasteiger partial charge in [-0.05, 0) is 32.4 Å². The van der Waals surface area contributed by atoms with Crippen LogP contribution in [0.25, 0.3) is 0 Å². The Balaban J connectivity index is 2.20. The fourth-order valence-corrected chi connectivity index (χ4v) is 3.21. The minimum absolute atomic E-state index is 0.253. The highest BCUT2D eigenvalue weighted by molar-refractivity contribution is 7.91. The number of unbranched alkanes of at least 4 members (excludes halogenated alkanes) is 1. The van der Waals surface area contributed by atoms with Gasteiger partial charge in [-0.1, -0.05) is 5.16 Å². The maximum Gasteiger partial charge on any atom is 0.151 e. The molecular formula is C10H21N3O3S. The largest absolute Gasteiger partial charge is 0.409 e. The van der Waals surface area contributed by atoms with Crippen molar-refractivity contribution in [3.8, 4) is 0 Å². The van der Waals surface area contributed by atoms with Crippen LogP contribution in [0.2, 0.25) is 0 Å². The van der Waals surface area contributed by atoms with Crippen LogP contribution < -0.4 is 5.73 Å². The minimum atomic E-state index is -2.81. The molecule has 0 bridgehead atoms. The second-order valence-electron chi connectivity index (χ2n) is 4.40. The molecule has 1 heterocycles. The SMILES string of the molecule is NC(CCCCN1CCCS(=O)(=O)CC1)=NO. The van der Waals surface area contributed by atoms with Gasteiger partial charge in [-0.25, -0.2) is 8.42 Å². The molecular weight excluding hydrogens is 242 g/mol. The van der Waals surface area contributed by atoms with E-state index in [-0.39, 0.29) is 11.6 Å². The van der Waals surface area contributed by atoms with E-state index in [4.69, 9.17) is 10.9 Å². The molecule has 1 rings (SSSR count). The van der Waals surface area contributed by atoms with E-state index < -0.39 is 9.84 Å². The molecule has 0 saturated carbocycles. The first-order valence-electron chi connectivity index (χ1n) is 5.93. The van der Waals surface area contributed by atoms with Crippen LogP contribution in [0.5, 0.6) is 0 Å². The average Bonchev–Trinajstić information content (AvgIpc) is 2.46. The van der Waals surface area contributed by atoms with Crippen LogP contribution in [0.3, 0.4) is 0 Å². The Bertz CT molecular complexity index is 354. The summed E-state index contributed by atoms with van der Waals surface area (Å²) in [5.41, 5.74) is 5.36. The van der Waals surface area contributed by atoms with Crippen LogP contribution >= 0.6 is 0 Å². The van der Waals surface area contributed by atoms with Crippen molar-refractivity contribution >= 4 is 15.7 Å². The highest BCUT2D eigenvalue weighted by Crippen LogP contribution is 2.07. The van der Waals surface area contributed by atoms with Crippen LogP contribution in [0, 0.1) is 0 Å². The molecule has 0 aliphatic carbocycles. The molecule has 0 aromatic heterocycles. The van der Waals surface area contributed by atoms with Gasteiger partial charge in [-0.2, -0.15) is 0 Å². The smallest absolute Gasteiger partial charge is 0.151 e. The van der Waals surface area contributed by atoms with Gasteiger partial charge < -0.3 is 15.8 Å². The third kappa shape index (κ3) is 5.88. The van der Waals surface area contributed by atoms with Gasteiger partial charge in [0.15, 0.2) is 9.84 Å². The maximum atomic E-state index is 11.4. The molecule has 0 atom stereocenters. The first-order valence-corrected chi connectivity index (χ1v) is 7.75. The zero-order valence-corrected chi connectivity index (χ0v) is 10.8. The van der Waals surface area contributed by atoms with Crippen LogP contribution in [0.1, 0.15) is 25.7 Å². The molecule has 0 aromatic carbocycles. The Morgan fingerprint density at radius 1 is 1.29 bits per heavy atom. The second kappa shape index (κ2) is 6.80. The summed E-state index contributed by atoms with van der Waals surface area (Å²) in [4.78, 5) is 2.18. The second-order valence-corrected chi connectivity index (χ2v) is 6.70. The number of amidine groups is 1. The van der Waals surface area contributed by atoms with Gasteiger partial charge >= 0.3 is 0 Å². The first-order chi connectivity index (χ1) is 8.03. The molecule has 0 aromatic rings. The van der Waals surface area contributed by atoms with Crippen molar-refractivity contribution in [2.75, 3.05) is 31.1 Å². The zero-order chi connectivity index (χ0) is 12.7. The first kappa shape index (κ1) is 14.2. The molecule has 6 nitrogen and oxygen atoms in total. The van der Waals surface area contributed by atoms with Crippen molar-refractivity contribution in [1.29, 1.82) is 0 Å². The normalized spacial score (nSPS) is 22.2. The van der Waals surface area contributed by atoms with Gasteiger partial charge in [0.25, 0.3) is 0 Å². The van der Waals surface area contributed by atoms with Crippen LogP contribution in [-0.2, 0) is 9.84 Å². The zero-order valence-electron chi connectivity index (χ0n) is 10.0. The third-order valence-corrected chi connectivity index (χ3v) is 4.65. The van der Waals surface area contributed by atoms with E-state index in [0.717, 1.165) is 32.4 Å². The molecule has 1 fully saturated rings. The number of nitrogens with zero attached hydrogens (tertiary/aromatic N) is 2. The third-order valence-electron chi connectivity index (χ3n) is 2.93. The van der Waals surface area contributed by atoms with E-state index in [9.17, 15) is 8.42 Å². The molecule has 1 aliphatic heterocycles. The molecule has 3 N–H and O–H groups in total. The number of nitrogens with two attached hydrogens (primary N) is 1. The lowest BCUT2D eigenvalue weighted by molar-refractivity contribution is 0.288. The Morgan fingerprint density at radius 2 is 2.06 bits per heavy atom. The van der Waals surface area contributed by atoms with E-state index in [1.54, 1.807) is 0 Å². The Labute approximate surface area is 102 Å². The monoisotopic (exact) mass is 263 g/mol. The van der Waals surface area contributed by atoms with E-state index in [1.165, 1.54) is 0 Å². The van der Waals surface area contributed by atoms with E-state index >= 15 is 0 Å². The van der Waals surface area contributed by atoms with Gasteiger partial charge in [0.1, 0.15) is 5.84 Å². The molecule has 0 radical (unpaired) electrons. The molecule has 0 amide bonds. The van der Waals surface area contributed by atoms with Crippen LogP contribution in [0.4, 0.5) is 0 Å². The minimum Gasteiger partial charge on any atom is -0.409 e. The summed E-state index contributed by atoms with van der Waals surface area (Å²) in [6.07, 6.45) is 3.11. The van der Waals surface area contributed by atoms with Gasteiger partial charge in [-0.15, -0.1) is 0 Å². The molecule has 1 aliphatic rings. The van der Waals surface area contributed by atoms with Crippen molar-refractivity contribution in [3.05, 3.63) is 0 Å². The van der Waals surface area contributed by atoms with Gasteiger partial charge in [-0.3, -0.25) is 0 Å². The Kier molecular flexibility index (Phi) is 5.70. The van der Waals surface area contributed by atoms with Crippen LogP contribution in [-0.4, -0.2) is 55.5 Å². The van der Waals surface area contributed by atoms with E-state index in [1.807, 2.05) is 0 Å². The molecule has 0 spiro atoms. The lowest BCUT2D eigenvalue weighted by Gasteiger charge is -2.18. The quantitative estimate of drug-likeness (QED) is 0.240. The van der Waals surface area contributed by atoms with Crippen molar-refractivity contribution in [1.82, 2.24) is 4.90 Å². The van der Waals surface area contributed by atoms with Gasteiger partial charge in [0.2, 0.25) is 0 Å². The summed E-state index contributed by atoms with van der Waals surface area (Å²) in [6, 6.07) is 0. The maximum absolute atomic E-state index is 11.4. The standard InChI is InChI=1S/C10H21N3O3S/c11-10(12-14)4-1-2-5-13-6-3-8-17(15,16)9-7-13/h14H,1-9H2,(H2,11,12). The lowest BCUT2D eigenvalue weighted by Crippen LogP contribution is -2.28. The number of hydrogen-bond acceptors (Lipinski definition) is 5. The molecule has 1 saturated heterocycles. The van der Waals surface area contributed by atoms with Crippen LogP contribution in [0.15, 0.2) is 5.16 Å². The predicted octanol–water partition coefficient (Wildman–Crippen LogP) is 0.0236. The average molecular weight is 263 g/mol. The van der Waals surface area contributed by atoms with E-state index in [0.29, 0.717) is 18.7 Å². The highest BCUT2D eigenvalue weighted by atomic mass is 32.2. The summed E-state index contributed by atoms with van der Waals surface area (Å²) in [5, 5.41) is 11.3. The number of rotatable bonds is 5. The summed E-state index contributed by atoms with van der Waals surface area (Å²) in [6.45, 7) is 2.36. The fourth-order valence-electron chi connectivity index (χ4n) is 1.91. The Hall–Kier alpha value is -0.820. The van der Waals surface area contributed by atoms with Crippen molar-refractivity contribution < 1.29 is 13.6 Å². The molecule has 17 heavy (non-hydrogen) atoms. The molecule has 100 valence electrons. The van der Waals surface area contributed by atoms with Crippen molar-refractivity contribution in [2.24, 2.45) is 10.9 Å². The lowest BCUT2D eigenvalue weighted by atomic mass is 10.2. The summed E-state index contributed by atoms with van der Waals surface area (Å²) in [7, 11) is -2.81. The highest BCUT2D eigenvalue weighted by Gasteiger charge is 2.18. The topological polar surface area (TPSA) is 96.0 Å². The summed E-state index contributed by atoms with van der Waals surface area (Å²) >= 11 is 0. The molecule has 7 heteroatoms. The van der Waals surface area contributed by atoms with E-state index in [2.05, 4.69) is 10.1 Å². The predicted molar refractivity (Wildman–Crippen MR) is 67.0 cm³/mol. The fraction of sp³-hybridized carbons (Fsp3) is 0.900. The number of oxime groups is 1. The summed E-state index contributed by atoms with van der Waals surface area (Å²) in [5.74, 6) is 0.837. The Morgan fingerprint density at radius 3 is 2.76 bits per heavy atom. The summed E-state index contributed by atoms with van der Waals surface area (Å²) < 4.78 is 22.8. The number of hydrogen-bond donors (Lipinski definition) is 2. The van der Waals surface area contributed by atoms with Crippen molar-refractivity contribution in [2.45, 2.75) is 25.7 Å². The van der Waals surface area contributed by atoms with Crippen molar-refractivity contribution in [3.63, 3.8) is 0 Å². The van der Waals surface area contributed by atoms with Gasteiger partial charge in [0, 0.05) is 13.0 Å². The van der Waals surface area contributed by atoms with Gasteiger partial charge in [0.05, 0.1) is 11.5 Å². The molecule has 0 unspecified atom stereocenters.